The molecule has 0 radical (unpaired) electrons. The van der Waals surface area contributed by atoms with Gasteiger partial charge in [-0.2, -0.15) is 4.99 Å². The number of hydrogen-bond acceptors (Lipinski definition) is 2. The second kappa shape index (κ2) is 6.66. The first kappa shape index (κ1) is 14.0. The lowest BCUT2D eigenvalue weighted by Gasteiger charge is -2.13. The molecule has 4 heteroatoms. The summed E-state index contributed by atoms with van der Waals surface area (Å²) >= 11 is 1.53. The van der Waals surface area contributed by atoms with Gasteiger partial charge in [0.2, 0.25) is 5.91 Å². The summed E-state index contributed by atoms with van der Waals surface area (Å²) < 4.78 is 2.08. The molecule has 1 aromatic rings. The molecular formula is C15H20N2OS. The summed E-state index contributed by atoms with van der Waals surface area (Å²) in [5.41, 5.74) is 2.78. The van der Waals surface area contributed by atoms with Crippen LogP contribution in [0.4, 0.5) is 0 Å². The van der Waals surface area contributed by atoms with Crippen molar-refractivity contribution in [2.75, 3.05) is 0 Å². The predicted molar refractivity (Wildman–Crippen MR) is 78.9 cm³/mol. The molecule has 1 aliphatic rings. The van der Waals surface area contributed by atoms with Crippen LogP contribution in [0.25, 0.3) is 0 Å². The standard InChI is InChI=1S/C15H20N2OS/c1-3-6-14(18)16-15-17(9-10-19-15)11-13-8-5-4-7-12(13)2/h4,7,9-10H,3,5-6,8,11H2,1-2H3. The predicted octanol–water partition coefficient (Wildman–Crippen LogP) is 3.44. The first-order chi connectivity index (χ1) is 9.20. The van der Waals surface area contributed by atoms with Gasteiger partial charge in [0.1, 0.15) is 0 Å². The van der Waals surface area contributed by atoms with Gasteiger partial charge in [0.15, 0.2) is 4.80 Å². The van der Waals surface area contributed by atoms with E-state index in [0.717, 1.165) is 30.6 Å². The first-order valence-corrected chi connectivity index (χ1v) is 7.65. The second-order valence-electron chi connectivity index (χ2n) is 4.80. The number of thiazole rings is 1. The van der Waals surface area contributed by atoms with Gasteiger partial charge in [-0.15, -0.1) is 11.3 Å². The molecule has 0 aliphatic heterocycles. The van der Waals surface area contributed by atoms with Crippen molar-refractivity contribution in [2.24, 2.45) is 4.99 Å². The maximum absolute atomic E-state index is 11.6. The zero-order valence-corrected chi connectivity index (χ0v) is 12.4. The lowest BCUT2D eigenvalue weighted by molar-refractivity contribution is -0.118. The molecule has 1 aromatic heterocycles. The van der Waals surface area contributed by atoms with Crippen LogP contribution in [-0.4, -0.2) is 10.5 Å². The molecule has 0 saturated carbocycles. The Labute approximate surface area is 118 Å². The van der Waals surface area contributed by atoms with Crippen LogP contribution >= 0.6 is 11.3 Å². The van der Waals surface area contributed by atoms with E-state index in [1.165, 1.54) is 22.5 Å². The van der Waals surface area contributed by atoms with Crippen molar-refractivity contribution in [3.63, 3.8) is 0 Å². The number of rotatable bonds is 4. The molecule has 0 atom stereocenters. The molecule has 2 rings (SSSR count). The molecule has 1 aliphatic carbocycles. The van der Waals surface area contributed by atoms with Crippen LogP contribution in [0.1, 0.15) is 39.5 Å². The third kappa shape index (κ3) is 3.77. The number of carbonyl (C=O) groups is 1. The van der Waals surface area contributed by atoms with E-state index in [2.05, 4.69) is 28.6 Å². The summed E-state index contributed by atoms with van der Waals surface area (Å²) in [5.74, 6) is -0.0204. The van der Waals surface area contributed by atoms with E-state index in [1.807, 2.05) is 18.5 Å². The number of allylic oxidation sites excluding steroid dienone is 4. The van der Waals surface area contributed by atoms with Gasteiger partial charge < -0.3 is 4.57 Å². The van der Waals surface area contributed by atoms with E-state index in [1.54, 1.807) is 0 Å². The number of amides is 1. The van der Waals surface area contributed by atoms with Gasteiger partial charge in [0, 0.05) is 24.5 Å². The third-order valence-corrected chi connectivity index (χ3v) is 4.04. The molecule has 3 nitrogen and oxygen atoms in total. The monoisotopic (exact) mass is 276 g/mol. The molecular weight excluding hydrogens is 256 g/mol. The highest BCUT2D eigenvalue weighted by Crippen LogP contribution is 2.19. The van der Waals surface area contributed by atoms with Gasteiger partial charge in [-0.1, -0.05) is 24.6 Å². The van der Waals surface area contributed by atoms with Gasteiger partial charge in [0.25, 0.3) is 0 Å². The summed E-state index contributed by atoms with van der Waals surface area (Å²) in [4.78, 5) is 16.6. The Morgan fingerprint density at radius 2 is 2.37 bits per heavy atom. The number of hydrogen-bond donors (Lipinski definition) is 0. The van der Waals surface area contributed by atoms with Gasteiger partial charge in [-0.3, -0.25) is 4.79 Å². The minimum atomic E-state index is -0.0204. The van der Waals surface area contributed by atoms with E-state index in [0.29, 0.717) is 6.42 Å². The smallest absolute Gasteiger partial charge is 0.248 e. The van der Waals surface area contributed by atoms with Crippen LogP contribution in [0.2, 0.25) is 0 Å². The normalized spacial score (nSPS) is 16.2. The fourth-order valence-corrected chi connectivity index (χ4v) is 2.87. The maximum atomic E-state index is 11.6. The quantitative estimate of drug-likeness (QED) is 0.829. The van der Waals surface area contributed by atoms with Gasteiger partial charge >= 0.3 is 0 Å². The molecule has 0 bridgehead atoms. The van der Waals surface area contributed by atoms with E-state index in [9.17, 15) is 4.79 Å². The Kier molecular flexibility index (Phi) is 4.91. The van der Waals surface area contributed by atoms with Crippen LogP contribution in [-0.2, 0) is 11.3 Å². The summed E-state index contributed by atoms with van der Waals surface area (Å²) in [5, 5.41) is 1.99. The van der Waals surface area contributed by atoms with Crippen molar-refractivity contribution in [3.8, 4) is 0 Å². The van der Waals surface area contributed by atoms with E-state index in [-0.39, 0.29) is 5.91 Å². The average Bonchev–Trinajstić information content (AvgIpc) is 2.80. The molecule has 0 aromatic carbocycles. The Morgan fingerprint density at radius 1 is 1.53 bits per heavy atom. The topological polar surface area (TPSA) is 34.4 Å². The highest BCUT2D eigenvalue weighted by Gasteiger charge is 2.07. The Balaban J connectivity index is 2.21. The van der Waals surface area contributed by atoms with E-state index < -0.39 is 0 Å². The average molecular weight is 276 g/mol. The zero-order valence-electron chi connectivity index (χ0n) is 11.6. The fourth-order valence-electron chi connectivity index (χ4n) is 2.13. The molecule has 19 heavy (non-hydrogen) atoms. The molecule has 0 spiro atoms. The number of carbonyl (C=O) groups excluding carboxylic acids is 1. The summed E-state index contributed by atoms with van der Waals surface area (Å²) in [6, 6.07) is 0. The lowest BCUT2D eigenvalue weighted by atomic mass is 9.99. The lowest BCUT2D eigenvalue weighted by Crippen LogP contribution is -2.18. The first-order valence-electron chi connectivity index (χ1n) is 6.77. The highest BCUT2D eigenvalue weighted by atomic mass is 32.1. The summed E-state index contributed by atoms with van der Waals surface area (Å²) in [6.45, 7) is 4.99. The number of aromatic nitrogens is 1. The Hall–Kier alpha value is -1.42. The van der Waals surface area contributed by atoms with Gasteiger partial charge in [-0.05, 0) is 31.8 Å². The van der Waals surface area contributed by atoms with Crippen molar-refractivity contribution >= 4 is 17.2 Å². The minimum absolute atomic E-state index is 0.0204. The van der Waals surface area contributed by atoms with Gasteiger partial charge in [-0.25, -0.2) is 0 Å². The SMILES string of the molecule is CCCC(=O)N=c1sccn1CC1=C(C)C=CCC1. The second-order valence-corrected chi connectivity index (χ2v) is 5.67. The van der Waals surface area contributed by atoms with Crippen molar-refractivity contribution in [1.82, 2.24) is 4.57 Å². The van der Waals surface area contributed by atoms with Crippen LogP contribution in [0.3, 0.4) is 0 Å². The zero-order chi connectivity index (χ0) is 13.7. The summed E-state index contributed by atoms with van der Waals surface area (Å²) in [6.07, 6.45) is 10.0. The Morgan fingerprint density at radius 3 is 3.11 bits per heavy atom. The fraction of sp³-hybridized carbons (Fsp3) is 0.467. The minimum Gasteiger partial charge on any atom is -0.319 e. The Bertz CT molecular complexity index is 575. The maximum Gasteiger partial charge on any atom is 0.248 e. The van der Waals surface area contributed by atoms with Crippen molar-refractivity contribution < 1.29 is 4.79 Å². The summed E-state index contributed by atoms with van der Waals surface area (Å²) in [7, 11) is 0. The van der Waals surface area contributed by atoms with Crippen LogP contribution < -0.4 is 4.80 Å². The molecule has 1 amide bonds. The van der Waals surface area contributed by atoms with Crippen molar-refractivity contribution in [2.45, 2.75) is 46.1 Å². The third-order valence-electron chi connectivity index (χ3n) is 3.24. The van der Waals surface area contributed by atoms with Crippen LogP contribution in [0.15, 0.2) is 39.9 Å². The molecule has 1 heterocycles. The van der Waals surface area contributed by atoms with Crippen LogP contribution in [0, 0.1) is 0 Å². The molecule has 0 N–H and O–H groups in total. The van der Waals surface area contributed by atoms with Gasteiger partial charge in [0.05, 0.1) is 0 Å². The highest BCUT2D eigenvalue weighted by molar-refractivity contribution is 7.07. The molecule has 0 fully saturated rings. The number of nitrogens with zero attached hydrogens (tertiary/aromatic N) is 2. The van der Waals surface area contributed by atoms with Crippen molar-refractivity contribution in [3.05, 3.63) is 39.7 Å². The largest absolute Gasteiger partial charge is 0.319 e. The molecule has 0 unspecified atom stereocenters. The van der Waals surface area contributed by atoms with E-state index >= 15 is 0 Å². The van der Waals surface area contributed by atoms with Crippen LogP contribution in [0.5, 0.6) is 0 Å². The van der Waals surface area contributed by atoms with Crippen molar-refractivity contribution in [1.29, 1.82) is 0 Å². The van der Waals surface area contributed by atoms with E-state index in [4.69, 9.17) is 0 Å². The molecule has 0 saturated heterocycles. The molecule has 102 valence electrons.